The van der Waals surface area contributed by atoms with Crippen LogP contribution in [0.5, 0.6) is 17.2 Å². The van der Waals surface area contributed by atoms with Crippen LogP contribution in [0, 0.1) is 0 Å². The fraction of sp³-hybridized carbons (Fsp3) is 0.250. The molecular weight excluding hydrogens is 316 g/mol. The minimum absolute atomic E-state index is 0.621. The highest BCUT2D eigenvalue weighted by Gasteiger charge is 2.07. The van der Waals surface area contributed by atoms with Crippen molar-refractivity contribution in [2.45, 2.75) is 12.8 Å². The SMILES string of the molecule is COc1ccc(CCCOc2cc(-n3ccnc3)ccc2OC)cc1. The third-order valence-corrected chi connectivity index (χ3v) is 3.98. The van der Waals surface area contributed by atoms with E-state index in [1.807, 2.05) is 41.1 Å². The third-order valence-electron chi connectivity index (χ3n) is 3.98. The summed E-state index contributed by atoms with van der Waals surface area (Å²) in [5.41, 5.74) is 2.26. The van der Waals surface area contributed by atoms with Crippen molar-refractivity contribution in [1.29, 1.82) is 0 Å². The molecule has 5 nitrogen and oxygen atoms in total. The lowest BCUT2D eigenvalue weighted by molar-refractivity contribution is 0.289. The first-order valence-corrected chi connectivity index (χ1v) is 8.22. The van der Waals surface area contributed by atoms with Gasteiger partial charge in [0.15, 0.2) is 11.5 Å². The Bertz CT molecular complexity index is 783. The molecule has 25 heavy (non-hydrogen) atoms. The fourth-order valence-corrected chi connectivity index (χ4v) is 2.60. The molecule has 1 aromatic heterocycles. The Morgan fingerprint density at radius 3 is 2.48 bits per heavy atom. The summed E-state index contributed by atoms with van der Waals surface area (Å²) in [6, 6.07) is 14.0. The zero-order valence-corrected chi connectivity index (χ0v) is 14.5. The van der Waals surface area contributed by atoms with E-state index in [9.17, 15) is 0 Å². The number of benzene rings is 2. The largest absolute Gasteiger partial charge is 0.497 e. The number of hydrogen-bond donors (Lipinski definition) is 0. The summed E-state index contributed by atoms with van der Waals surface area (Å²) in [6.07, 6.45) is 7.28. The molecule has 3 aromatic rings. The second-order valence-corrected chi connectivity index (χ2v) is 5.61. The molecule has 0 saturated carbocycles. The second kappa shape index (κ2) is 8.24. The lowest BCUT2D eigenvalue weighted by Crippen LogP contribution is -2.02. The molecule has 0 saturated heterocycles. The van der Waals surface area contributed by atoms with Crippen molar-refractivity contribution >= 4 is 0 Å². The number of imidazole rings is 1. The Hall–Kier alpha value is -2.95. The molecule has 3 rings (SSSR count). The van der Waals surface area contributed by atoms with Gasteiger partial charge in [0.1, 0.15) is 5.75 Å². The van der Waals surface area contributed by atoms with E-state index in [4.69, 9.17) is 14.2 Å². The highest BCUT2D eigenvalue weighted by Crippen LogP contribution is 2.29. The predicted molar refractivity (Wildman–Crippen MR) is 96.9 cm³/mol. The third kappa shape index (κ3) is 4.32. The molecule has 0 fully saturated rings. The van der Waals surface area contributed by atoms with Gasteiger partial charge < -0.3 is 18.8 Å². The van der Waals surface area contributed by atoms with Gasteiger partial charge in [-0.25, -0.2) is 4.98 Å². The minimum Gasteiger partial charge on any atom is -0.497 e. The van der Waals surface area contributed by atoms with Gasteiger partial charge in [0.05, 0.1) is 32.8 Å². The normalized spacial score (nSPS) is 10.5. The Morgan fingerprint density at radius 2 is 1.80 bits per heavy atom. The van der Waals surface area contributed by atoms with Crippen LogP contribution in [0.3, 0.4) is 0 Å². The Labute approximate surface area is 147 Å². The van der Waals surface area contributed by atoms with Gasteiger partial charge in [0.25, 0.3) is 0 Å². The van der Waals surface area contributed by atoms with Gasteiger partial charge in [0, 0.05) is 18.5 Å². The van der Waals surface area contributed by atoms with Gasteiger partial charge in [-0.1, -0.05) is 12.1 Å². The van der Waals surface area contributed by atoms with Crippen molar-refractivity contribution in [3.05, 3.63) is 66.7 Å². The number of aryl methyl sites for hydroxylation is 1. The molecule has 0 unspecified atom stereocenters. The molecule has 0 aliphatic heterocycles. The first-order chi connectivity index (χ1) is 12.3. The zero-order valence-electron chi connectivity index (χ0n) is 14.5. The first kappa shape index (κ1) is 16.9. The van der Waals surface area contributed by atoms with Gasteiger partial charge in [-0.05, 0) is 42.7 Å². The first-order valence-electron chi connectivity index (χ1n) is 8.22. The van der Waals surface area contributed by atoms with Gasteiger partial charge in [-0.3, -0.25) is 0 Å². The van der Waals surface area contributed by atoms with E-state index in [2.05, 4.69) is 17.1 Å². The Morgan fingerprint density at radius 1 is 0.960 bits per heavy atom. The molecule has 5 heteroatoms. The molecule has 0 amide bonds. The summed E-state index contributed by atoms with van der Waals surface area (Å²) in [5, 5.41) is 0. The van der Waals surface area contributed by atoms with Crippen LogP contribution in [0.1, 0.15) is 12.0 Å². The Balaban J connectivity index is 1.59. The number of methoxy groups -OCH3 is 2. The van der Waals surface area contributed by atoms with Crippen molar-refractivity contribution < 1.29 is 14.2 Å². The fourth-order valence-electron chi connectivity index (χ4n) is 2.60. The van der Waals surface area contributed by atoms with Crippen molar-refractivity contribution in [1.82, 2.24) is 9.55 Å². The number of ether oxygens (including phenoxy) is 3. The molecule has 1 heterocycles. The van der Waals surface area contributed by atoms with E-state index < -0.39 is 0 Å². The van der Waals surface area contributed by atoms with E-state index in [0.717, 1.165) is 35.8 Å². The van der Waals surface area contributed by atoms with Crippen LogP contribution < -0.4 is 14.2 Å². The molecule has 0 radical (unpaired) electrons. The number of rotatable bonds is 8. The molecule has 0 bridgehead atoms. The van der Waals surface area contributed by atoms with Gasteiger partial charge in [0.2, 0.25) is 0 Å². The standard InChI is InChI=1S/C20H22N2O3/c1-23-18-8-5-16(6-9-18)4-3-13-25-20-14-17(7-10-19(20)24-2)22-12-11-21-15-22/h5-12,14-15H,3-4,13H2,1-2H3. The van der Waals surface area contributed by atoms with Crippen LogP contribution in [0.15, 0.2) is 61.2 Å². The molecule has 0 atom stereocenters. The lowest BCUT2D eigenvalue weighted by Gasteiger charge is -2.13. The maximum absolute atomic E-state index is 5.95. The molecule has 130 valence electrons. The average molecular weight is 338 g/mol. The smallest absolute Gasteiger partial charge is 0.163 e. The summed E-state index contributed by atoms with van der Waals surface area (Å²) in [7, 11) is 3.32. The van der Waals surface area contributed by atoms with Gasteiger partial charge >= 0.3 is 0 Å². The lowest BCUT2D eigenvalue weighted by atomic mass is 10.1. The van der Waals surface area contributed by atoms with Crippen LogP contribution in [0.2, 0.25) is 0 Å². The van der Waals surface area contributed by atoms with E-state index in [1.54, 1.807) is 26.7 Å². The van der Waals surface area contributed by atoms with Crippen molar-refractivity contribution in [2.24, 2.45) is 0 Å². The van der Waals surface area contributed by atoms with Crippen LogP contribution in [-0.4, -0.2) is 30.4 Å². The minimum atomic E-state index is 0.621. The summed E-state index contributed by atoms with van der Waals surface area (Å²) in [6.45, 7) is 0.621. The summed E-state index contributed by atoms with van der Waals surface area (Å²) in [5.74, 6) is 2.35. The maximum Gasteiger partial charge on any atom is 0.163 e. The van der Waals surface area contributed by atoms with E-state index in [0.29, 0.717) is 6.61 Å². The van der Waals surface area contributed by atoms with Crippen molar-refractivity contribution in [2.75, 3.05) is 20.8 Å². The van der Waals surface area contributed by atoms with Gasteiger partial charge in [-0.2, -0.15) is 0 Å². The predicted octanol–water partition coefficient (Wildman–Crippen LogP) is 3.90. The summed E-state index contributed by atoms with van der Waals surface area (Å²) < 4.78 is 18.5. The van der Waals surface area contributed by atoms with E-state index in [1.165, 1.54) is 5.56 Å². The van der Waals surface area contributed by atoms with E-state index in [-0.39, 0.29) is 0 Å². The quantitative estimate of drug-likeness (QED) is 0.584. The molecule has 0 aliphatic rings. The van der Waals surface area contributed by atoms with E-state index >= 15 is 0 Å². The summed E-state index contributed by atoms with van der Waals surface area (Å²) >= 11 is 0. The monoisotopic (exact) mass is 338 g/mol. The van der Waals surface area contributed by atoms with Gasteiger partial charge in [-0.15, -0.1) is 0 Å². The molecule has 0 spiro atoms. The summed E-state index contributed by atoms with van der Waals surface area (Å²) in [4.78, 5) is 4.07. The highest BCUT2D eigenvalue weighted by atomic mass is 16.5. The number of aromatic nitrogens is 2. The van der Waals surface area contributed by atoms with Crippen molar-refractivity contribution in [3.63, 3.8) is 0 Å². The second-order valence-electron chi connectivity index (χ2n) is 5.61. The topological polar surface area (TPSA) is 45.5 Å². The highest BCUT2D eigenvalue weighted by molar-refractivity contribution is 5.48. The van der Waals surface area contributed by atoms with Crippen LogP contribution in [0.25, 0.3) is 5.69 Å². The molecule has 2 aromatic carbocycles. The molecule has 0 N–H and O–H groups in total. The number of hydrogen-bond acceptors (Lipinski definition) is 4. The maximum atomic E-state index is 5.95. The average Bonchev–Trinajstić information content (AvgIpc) is 3.20. The van der Waals surface area contributed by atoms with Crippen LogP contribution >= 0.6 is 0 Å². The van der Waals surface area contributed by atoms with Crippen LogP contribution in [0.4, 0.5) is 0 Å². The van der Waals surface area contributed by atoms with Crippen LogP contribution in [-0.2, 0) is 6.42 Å². The van der Waals surface area contributed by atoms with Crippen molar-refractivity contribution in [3.8, 4) is 22.9 Å². The molecule has 0 aliphatic carbocycles. The Kier molecular flexibility index (Phi) is 5.57. The number of nitrogens with zero attached hydrogens (tertiary/aromatic N) is 2. The zero-order chi connectivity index (χ0) is 17.5. The molecular formula is C20H22N2O3.